The molecule has 0 bridgehead atoms. The number of hydrazone groups is 1. The summed E-state index contributed by atoms with van der Waals surface area (Å²) in [5.41, 5.74) is 5.78. The molecule has 2 aromatic rings. The number of nitrogens with zero attached hydrogens (tertiary/aromatic N) is 1. The van der Waals surface area contributed by atoms with Gasteiger partial charge in [0, 0.05) is 11.1 Å². The number of hydrogen-bond donors (Lipinski definition) is 2. The topological polar surface area (TPSA) is 62.7 Å². The Bertz CT molecular complexity index is 802. The summed E-state index contributed by atoms with van der Waals surface area (Å²) in [6.45, 7) is 0. The van der Waals surface area contributed by atoms with Crippen LogP contribution < -0.4 is 15.5 Å². The van der Waals surface area contributed by atoms with Crippen molar-refractivity contribution in [2.45, 2.75) is 6.42 Å². The molecule has 5 nitrogen and oxygen atoms in total. The van der Waals surface area contributed by atoms with Gasteiger partial charge in [0.1, 0.15) is 5.75 Å². The summed E-state index contributed by atoms with van der Waals surface area (Å²) >= 11 is 5.24. The lowest BCUT2D eigenvalue weighted by Gasteiger charge is -2.11. The number of anilines is 1. The summed E-state index contributed by atoms with van der Waals surface area (Å²) in [5.74, 6) is 0.760. The van der Waals surface area contributed by atoms with E-state index in [9.17, 15) is 4.79 Å². The predicted molar refractivity (Wildman–Crippen MR) is 94.3 cm³/mol. The SMILES string of the molecule is COc1ccccc1NC(=S)N/N=C1\CC(=O)c2ccccc21. The summed E-state index contributed by atoms with van der Waals surface area (Å²) < 4.78 is 5.25. The molecule has 0 aliphatic heterocycles. The smallest absolute Gasteiger partial charge is 0.191 e. The fourth-order valence-electron chi connectivity index (χ4n) is 2.44. The van der Waals surface area contributed by atoms with Crippen LogP contribution in [0.15, 0.2) is 53.6 Å². The highest BCUT2D eigenvalue weighted by molar-refractivity contribution is 7.80. The van der Waals surface area contributed by atoms with Crippen molar-refractivity contribution in [2.24, 2.45) is 5.10 Å². The lowest BCUT2D eigenvalue weighted by atomic mass is 10.1. The maximum atomic E-state index is 11.9. The molecule has 0 saturated heterocycles. The van der Waals surface area contributed by atoms with E-state index in [1.807, 2.05) is 48.5 Å². The van der Waals surface area contributed by atoms with E-state index >= 15 is 0 Å². The van der Waals surface area contributed by atoms with Crippen molar-refractivity contribution in [2.75, 3.05) is 12.4 Å². The van der Waals surface area contributed by atoms with Crippen molar-refractivity contribution >= 4 is 34.5 Å². The normalized spacial score (nSPS) is 14.5. The number of benzene rings is 2. The van der Waals surface area contributed by atoms with Gasteiger partial charge in [-0.25, -0.2) is 0 Å². The molecule has 2 N–H and O–H groups in total. The van der Waals surface area contributed by atoms with Crippen LogP contribution in [0.25, 0.3) is 0 Å². The number of hydrogen-bond acceptors (Lipinski definition) is 4. The number of Topliss-reactive ketones (excluding diaryl/α,β-unsaturated/α-hetero) is 1. The zero-order valence-corrected chi connectivity index (χ0v) is 13.3. The molecule has 0 spiro atoms. The van der Waals surface area contributed by atoms with Crippen LogP contribution in [-0.2, 0) is 0 Å². The summed E-state index contributed by atoms with van der Waals surface area (Å²) in [7, 11) is 1.60. The van der Waals surface area contributed by atoms with Gasteiger partial charge in [-0.1, -0.05) is 36.4 Å². The molecular formula is C17H15N3O2S. The molecule has 0 saturated carbocycles. The van der Waals surface area contributed by atoms with Crippen LogP contribution in [0.3, 0.4) is 0 Å². The number of rotatable bonds is 3. The first kappa shape index (κ1) is 15.2. The van der Waals surface area contributed by atoms with Crippen LogP contribution in [-0.4, -0.2) is 23.7 Å². The van der Waals surface area contributed by atoms with Gasteiger partial charge < -0.3 is 10.1 Å². The second-order valence-corrected chi connectivity index (χ2v) is 5.38. The minimum absolute atomic E-state index is 0.0738. The Hall–Kier alpha value is -2.73. The zero-order chi connectivity index (χ0) is 16.2. The Morgan fingerprint density at radius 3 is 2.61 bits per heavy atom. The van der Waals surface area contributed by atoms with Crippen LogP contribution in [0.5, 0.6) is 5.75 Å². The van der Waals surface area contributed by atoms with E-state index in [-0.39, 0.29) is 12.2 Å². The van der Waals surface area contributed by atoms with Crippen LogP contribution in [0.2, 0.25) is 0 Å². The highest BCUT2D eigenvalue weighted by Crippen LogP contribution is 2.23. The standard InChI is InChI=1S/C17H15N3O2S/c1-22-16-9-5-4-8-13(16)18-17(23)20-19-14-10-15(21)12-7-3-2-6-11(12)14/h2-9H,10H2,1H3,(H2,18,20,23)/b19-14+. The molecule has 0 fully saturated rings. The van der Waals surface area contributed by atoms with Gasteiger partial charge >= 0.3 is 0 Å². The van der Waals surface area contributed by atoms with Crippen molar-refractivity contribution in [3.8, 4) is 5.75 Å². The van der Waals surface area contributed by atoms with Gasteiger partial charge in [-0.05, 0) is 24.4 Å². The van der Waals surface area contributed by atoms with E-state index in [4.69, 9.17) is 17.0 Å². The van der Waals surface area contributed by atoms with Gasteiger partial charge in [-0.2, -0.15) is 5.10 Å². The first-order chi connectivity index (χ1) is 11.2. The monoisotopic (exact) mass is 325 g/mol. The summed E-state index contributed by atoms with van der Waals surface area (Å²) in [6.07, 6.45) is 0.281. The number of carbonyl (C=O) groups is 1. The van der Waals surface area contributed by atoms with Crippen LogP contribution >= 0.6 is 12.2 Å². The fourth-order valence-corrected chi connectivity index (χ4v) is 2.59. The second-order valence-electron chi connectivity index (χ2n) is 4.97. The highest BCUT2D eigenvalue weighted by Gasteiger charge is 2.24. The van der Waals surface area contributed by atoms with Crippen molar-refractivity contribution < 1.29 is 9.53 Å². The lowest BCUT2D eigenvalue weighted by molar-refractivity contribution is 0.101. The third kappa shape index (κ3) is 3.22. The Labute approximate surface area is 139 Å². The van der Waals surface area contributed by atoms with Crippen LogP contribution in [0.1, 0.15) is 22.3 Å². The molecule has 0 aromatic heterocycles. The number of para-hydroxylation sites is 2. The Morgan fingerprint density at radius 2 is 1.83 bits per heavy atom. The molecule has 0 radical (unpaired) electrons. The number of ketones is 1. The highest BCUT2D eigenvalue weighted by atomic mass is 32.1. The summed E-state index contributed by atoms with van der Waals surface area (Å²) in [5, 5.41) is 7.62. The molecule has 0 heterocycles. The second kappa shape index (κ2) is 6.58. The molecular weight excluding hydrogens is 310 g/mol. The van der Waals surface area contributed by atoms with Crippen LogP contribution in [0.4, 0.5) is 5.69 Å². The van der Waals surface area contributed by atoms with Gasteiger partial charge in [0.25, 0.3) is 0 Å². The van der Waals surface area contributed by atoms with Gasteiger partial charge in [0.2, 0.25) is 0 Å². The molecule has 2 aromatic carbocycles. The average molecular weight is 325 g/mol. The van der Waals surface area contributed by atoms with E-state index < -0.39 is 0 Å². The first-order valence-corrected chi connectivity index (χ1v) is 7.49. The number of nitrogens with one attached hydrogen (secondary N) is 2. The van der Waals surface area contributed by atoms with Crippen molar-refractivity contribution in [3.63, 3.8) is 0 Å². The Balaban J connectivity index is 1.71. The van der Waals surface area contributed by atoms with Crippen LogP contribution in [0, 0.1) is 0 Å². The van der Waals surface area contributed by atoms with Gasteiger partial charge in [-0.3, -0.25) is 10.2 Å². The molecule has 3 rings (SSSR count). The fraction of sp³-hybridized carbons (Fsp3) is 0.118. The zero-order valence-electron chi connectivity index (χ0n) is 12.5. The van der Waals surface area contributed by atoms with Crippen molar-refractivity contribution in [3.05, 3.63) is 59.7 Å². The quantitative estimate of drug-likeness (QED) is 0.671. The molecule has 1 aliphatic rings. The molecule has 23 heavy (non-hydrogen) atoms. The molecule has 0 atom stereocenters. The number of fused-ring (bicyclic) bond motifs is 1. The Morgan fingerprint density at radius 1 is 1.13 bits per heavy atom. The maximum Gasteiger partial charge on any atom is 0.191 e. The number of thiocarbonyl (C=S) groups is 1. The minimum atomic E-state index is 0.0738. The van der Waals surface area contributed by atoms with E-state index in [1.54, 1.807) is 7.11 Å². The molecule has 0 amide bonds. The van der Waals surface area contributed by atoms with Crippen molar-refractivity contribution in [1.29, 1.82) is 0 Å². The summed E-state index contributed by atoms with van der Waals surface area (Å²) in [6, 6.07) is 14.9. The number of carbonyl (C=O) groups excluding carboxylic acids is 1. The van der Waals surface area contributed by atoms with E-state index in [1.165, 1.54) is 0 Å². The van der Waals surface area contributed by atoms with Gasteiger partial charge in [-0.15, -0.1) is 0 Å². The average Bonchev–Trinajstić information content (AvgIpc) is 2.90. The van der Waals surface area contributed by atoms with Gasteiger partial charge in [0.05, 0.1) is 24.9 Å². The Kier molecular flexibility index (Phi) is 4.34. The third-order valence-electron chi connectivity index (χ3n) is 3.51. The van der Waals surface area contributed by atoms with Crippen molar-refractivity contribution in [1.82, 2.24) is 5.43 Å². The largest absolute Gasteiger partial charge is 0.495 e. The van der Waals surface area contributed by atoms with Gasteiger partial charge in [0.15, 0.2) is 10.9 Å². The summed E-state index contributed by atoms with van der Waals surface area (Å²) in [4.78, 5) is 11.9. The number of methoxy groups -OCH3 is 1. The number of ether oxygens (including phenoxy) is 1. The van der Waals surface area contributed by atoms with E-state index in [2.05, 4.69) is 15.8 Å². The van der Waals surface area contributed by atoms with E-state index in [0.29, 0.717) is 22.1 Å². The molecule has 116 valence electrons. The lowest BCUT2D eigenvalue weighted by Crippen LogP contribution is -2.25. The molecule has 6 heteroatoms. The predicted octanol–water partition coefficient (Wildman–Crippen LogP) is 2.97. The molecule has 0 unspecified atom stereocenters. The first-order valence-electron chi connectivity index (χ1n) is 7.08. The van der Waals surface area contributed by atoms with E-state index in [0.717, 1.165) is 11.3 Å². The third-order valence-corrected chi connectivity index (χ3v) is 3.71. The molecule has 1 aliphatic carbocycles. The maximum absolute atomic E-state index is 11.9. The minimum Gasteiger partial charge on any atom is -0.495 e.